The number of ketones is 1. The molecule has 1 saturated carbocycles. The highest BCUT2D eigenvalue weighted by Gasteiger charge is 2.28. The third-order valence-corrected chi connectivity index (χ3v) is 6.73. The van der Waals surface area contributed by atoms with Crippen molar-refractivity contribution < 1.29 is 4.79 Å². The summed E-state index contributed by atoms with van der Waals surface area (Å²) in [4.78, 5) is 23.4. The fourth-order valence-corrected chi connectivity index (χ4v) is 5.74. The summed E-state index contributed by atoms with van der Waals surface area (Å²) in [5, 5.41) is 2.40. The Kier molecular flexibility index (Phi) is 3.27. The molecule has 1 fully saturated rings. The lowest BCUT2D eigenvalue weighted by molar-refractivity contribution is -0.116. The molecular weight excluding hydrogens is 288 g/mol. The lowest BCUT2D eigenvalue weighted by atomic mass is 9.97. The summed E-state index contributed by atoms with van der Waals surface area (Å²) in [7, 11) is 0. The first-order valence-corrected chi connectivity index (χ1v) is 8.97. The standard InChI is InChI=1S/C15H16N2OS2/c18-10-5-3-7-12(10)20-15-13-9-4-1-2-6-11(9)19-14(13)16-8-17-15/h8,12H,1-7H2/t12-/m0/s1. The van der Waals surface area contributed by atoms with Crippen molar-refractivity contribution in [1.29, 1.82) is 0 Å². The van der Waals surface area contributed by atoms with E-state index in [0.717, 1.165) is 35.5 Å². The zero-order chi connectivity index (χ0) is 13.5. The third-order valence-electron chi connectivity index (χ3n) is 4.22. The highest BCUT2D eigenvalue weighted by Crippen LogP contribution is 2.41. The molecule has 2 aromatic heterocycles. The molecule has 2 aromatic rings. The van der Waals surface area contributed by atoms with Gasteiger partial charge in [0.15, 0.2) is 0 Å². The summed E-state index contributed by atoms with van der Waals surface area (Å²) in [6.45, 7) is 0. The van der Waals surface area contributed by atoms with Crippen molar-refractivity contribution in [3.63, 3.8) is 0 Å². The number of nitrogens with zero attached hydrogens (tertiary/aromatic N) is 2. The lowest BCUT2D eigenvalue weighted by Crippen LogP contribution is -2.08. The van der Waals surface area contributed by atoms with Crippen molar-refractivity contribution in [2.45, 2.75) is 55.2 Å². The molecular formula is C15H16N2OS2. The number of thioether (sulfide) groups is 1. The van der Waals surface area contributed by atoms with Crippen LogP contribution in [0.5, 0.6) is 0 Å². The molecule has 0 radical (unpaired) electrons. The number of carbonyl (C=O) groups is 1. The Morgan fingerprint density at radius 1 is 1.15 bits per heavy atom. The molecule has 104 valence electrons. The Balaban J connectivity index is 1.78. The van der Waals surface area contributed by atoms with Gasteiger partial charge in [0.2, 0.25) is 0 Å². The van der Waals surface area contributed by atoms with Crippen molar-refractivity contribution in [3.05, 3.63) is 16.8 Å². The van der Waals surface area contributed by atoms with Crippen LogP contribution in [0.15, 0.2) is 11.4 Å². The first-order valence-electron chi connectivity index (χ1n) is 7.27. The van der Waals surface area contributed by atoms with E-state index >= 15 is 0 Å². The van der Waals surface area contributed by atoms with E-state index in [4.69, 9.17) is 0 Å². The Labute approximate surface area is 126 Å². The molecule has 4 rings (SSSR count). The van der Waals surface area contributed by atoms with Gasteiger partial charge >= 0.3 is 0 Å². The number of Topliss-reactive ketones (excluding diaryl/α,β-unsaturated/α-hetero) is 1. The molecule has 0 saturated heterocycles. The van der Waals surface area contributed by atoms with Crippen molar-refractivity contribution in [2.75, 3.05) is 0 Å². The molecule has 0 unspecified atom stereocenters. The molecule has 3 nitrogen and oxygen atoms in total. The van der Waals surface area contributed by atoms with E-state index in [-0.39, 0.29) is 5.25 Å². The quantitative estimate of drug-likeness (QED) is 0.792. The number of rotatable bonds is 2. The second-order valence-electron chi connectivity index (χ2n) is 5.53. The highest BCUT2D eigenvalue weighted by atomic mass is 32.2. The van der Waals surface area contributed by atoms with Crippen molar-refractivity contribution in [2.24, 2.45) is 0 Å². The van der Waals surface area contributed by atoms with Gasteiger partial charge in [-0.15, -0.1) is 11.3 Å². The fraction of sp³-hybridized carbons (Fsp3) is 0.533. The number of aromatic nitrogens is 2. The molecule has 2 aliphatic rings. The van der Waals surface area contributed by atoms with Gasteiger partial charge in [0.1, 0.15) is 22.0 Å². The third kappa shape index (κ3) is 2.07. The Morgan fingerprint density at radius 2 is 2.05 bits per heavy atom. The minimum absolute atomic E-state index is 0.118. The topological polar surface area (TPSA) is 42.9 Å². The first kappa shape index (κ1) is 12.8. The zero-order valence-corrected chi connectivity index (χ0v) is 12.9. The molecule has 2 aliphatic carbocycles. The minimum Gasteiger partial charge on any atom is -0.298 e. The summed E-state index contributed by atoms with van der Waals surface area (Å²) in [5.74, 6) is 0.394. The van der Waals surface area contributed by atoms with Gasteiger partial charge in [-0.1, -0.05) is 11.8 Å². The van der Waals surface area contributed by atoms with E-state index in [2.05, 4.69) is 9.97 Å². The van der Waals surface area contributed by atoms with Gasteiger partial charge < -0.3 is 0 Å². The van der Waals surface area contributed by atoms with Gasteiger partial charge in [-0.2, -0.15) is 0 Å². The molecule has 0 aromatic carbocycles. The second kappa shape index (κ2) is 5.11. The average molecular weight is 304 g/mol. The number of hydrogen-bond donors (Lipinski definition) is 0. The zero-order valence-electron chi connectivity index (χ0n) is 11.2. The number of aryl methyl sites for hydroxylation is 2. The predicted molar refractivity (Wildman–Crippen MR) is 82.6 cm³/mol. The SMILES string of the molecule is O=C1CCC[C@@H]1Sc1ncnc2sc3c(c12)CCCC3. The predicted octanol–water partition coefficient (Wildman–Crippen LogP) is 3.78. The van der Waals surface area contributed by atoms with Crippen LogP contribution in [-0.2, 0) is 17.6 Å². The van der Waals surface area contributed by atoms with Gasteiger partial charge in [-0.25, -0.2) is 9.97 Å². The maximum atomic E-state index is 11.9. The van der Waals surface area contributed by atoms with Crippen LogP contribution >= 0.6 is 23.1 Å². The summed E-state index contributed by atoms with van der Waals surface area (Å²) < 4.78 is 0. The van der Waals surface area contributed by atoms with E-state index in [9.17, 15) is 4.79 Å². The van der Waals surface area contributed by atoms with E-state index in [1.165, 1.54) is 35.1 Å². The number of hydrogen-bond acceptors (Lipinski definition) is 5. The van der Waals surface area contributed by atoms with Crippen molar-refractivity contribution in [3.8, 4) is 0 Å². The summed E-state index contributed by atoms with van der Waals surface area (Å²) in [5.41, 5.74) is 1.46. The van der Waals surface area contributed by atoms with Crippen LogP contribution in [0.25, 0.3) is 10.2 Å². The maximum absolute atomic E-state index is 11.9. The van der Waals surface area contributed by atoms with Crippen molar-refractivity contribution in [1.82, 2.24) is 9.97 Å². The second-order valence-corrected chi connectivity index (χ2v) is 7.81. The Hall–Kier alpha value is -0.940. The highest BCUT2D eigenvalue weighted by molar-refractivity contribution is 8.00. The monoisotopic (exact) mass is 304 g/mol. The molecule has 2 heterocycles. The van der Waals surface area contributed by atoms with E-state index in [1.807, 2.05) is 11.3 Å². The van der Waals surface area contributed by atoms with Gasteiger partial charge in [-0.05, 0) is 44.1 Å². The van der Waals surface area contributed by atoms with E-state index < -0.39 is 0 Å². The van der Waals surface area contributed by atoms with Crippen molar-refractivity contribution >= 4 is 39.1 Å². The molecule has 20 heavy (non-hydrogen) atoms. The number of thiophene rings is 1. The molecule has 1 atom stereocenters. The van der Waals surface area contributed by atoms with Gasteiger partial charge in [0.25, 0.3) is 0 Å². The van der Waals surface area contributed by atoms with Crippen LogP contribution in [0.4, 0.5) is 0 Å². The van der Waals surface area contributed by atoms with Gasteiger partial charge in [0.05, 0.1) is 5.25 Å². The Morgan fingerprint density at radius 3 is 2.90 bits per heavy atom. The van der Waals surface area contributed by atoms with Gasteiger partial charge in [-0.3, -0.25) is 4.79 Å². The van der Waals surface area contributed by atoms with E-state index in [0.29, 0.717) is 5.78 Å². The van der Waals surface area contributed by atoms with Crippen LogP contribution in [-0.4, -0.2) is 21.0 Å². The molecule has 0 bridgehead atoms. The van der Waals surface area contributed by atoms with Crippen LogP contribution in [0, 0.1) is 0 Å². The largest absolute Gasteiger partial charge is 0.298 e. The summed E-state index contributed by atoms with van der Waals surface area (Å²) >= 11 is 3.50. The average Bonchev–Trinajstić information content (AvgIpc) is 3.03. The van der Waals surface area contributed by atoms with Crippen LogP contribution < -0.4 is 0 Å². The fourth-order valence-electron chi connectivity index (χ4n) is 3.19. The molecule has 0 amide bonds. The van der Waals surface area contributed by atoms with Crippen LogP contribution in [0.2, 0.25) is 0 Å². The van der Waals surface area contributed by atoms with Gasteiger partial charge in [0, 0.05) is 16.7 Å². The number of fused-ring (bicyclic) bond motifs is 3. The smallest absolute Gasteiger partial charge is 0.146 e. The molecule has 0 spiro atoms. The lowest BCUT2D eigenvalue weighted by Gasteiger charge is -2.12. The molecule has 5 heteroatoms. The normalized spacial score (nSPS) is 22.4. The molecule has 0 N–H and O–H groups in total. The molecule has 0 aliphatic heterocycles. The van der Waals surface area contributed by atoms with Crippen LogP contribution in [0.1, 0.15) is 42.5 Å². The minimum atomic E-state index is 0.118. The van der Waals surface area contributed by atoms with Crippen LogP contribution in [0.3, 0.4) is 0 Å². The summed E-state index contributed by atoms with van der Waals surface area (Å²) in [6, 6.07) is 0. The first-order chi connectivity index (χ1) is 9.83. The van der Waals surface area contributed by atoms with E-state index in [1.54, 1.807) is 18.1 Å². The maximum Gasteiger partial charge on any atom is 0.146 e. The summed E-state index contributed by atoms with van der Waals surface area (Å²) in [6.07, 6.45) is 9.32. The Bertz CT molecular complexity index is 680. The number of carbonyl (C=O) groups excluding carboxylic acids is 1.